The first kappa shape index (κ1) is 12.2. The maximum atomic E-state index is 6.17. The predicted octanol–water partition coefficient (Wildman–Crippen LogP) is 3.41. The minimum Gasteiger partial charge on any atom is -0.397 e. The van der Waals surface area contributed by atoms with Gasteiger partial charge in [0.1, 0.15) is 17.5 Å². The van der Waals surface area contributed by atoms with E-state index in [1.807, 2.05) is 48.5 Å². The van der Waals surface area contributed by atoms with Crippen molar-refractivity contribution in [2.24, 2.45) is 0 Å². The summed E-state index contributed by atoms with van der Waals surface area (Å²) in [6.45, 7) is 0. The van der Waals surface area contributed by atoms with Crippen molar-refractivity contribution in [3.63, 3.8) is 0 Å². The van der Waals surface area contributed by atoms with Gasteiger partial charge in [-0.1, -0.05) is 30.3 Å². The highest BCUT2D eigenvalue weighted by Gasteiger charge is 2.17. The second-order valence-electron chi connectivity index (χ2n) is 5.50. The molecule has 0 aliphatic carbocycles. The summed E-state index contributed by atoms with van der Waals surface area (Å²) in [7, 11) is 0. The highest BCUT2D eigenvalue weighted by atomic mass is 15.1. The van der Waals surface area contributed by atoms with Crippen molar-refractivity contribution in [3.05, 3.63) is 54.9 Å². The van der Waals surface area contributed by atoms with Gasteiger partial charge in [-0.05, 0) is 18.2 Å². The van der Waals surface area contributed by atoms with Crippen LogP contribution in [0.15, 0.2) is 54.9 Å². The number of rotatable bonds is 1. The number of benzene rings is 3. The quantitative estimate of drug-likeness (QED) is 0.379. The summed E-state index contributed by atoms with van der Waals surface area (Å²) in [5.74, 6) is 0. The van der Waals surface area contributed by atoms with Crippen LogP contribution in [0.25, 0.3) is 44.0 Å². The van der Waals surface area contributed by atoms with Crippen LogP contribution in [0.3, 0.4) is 0 Å². The van der Waals surface area contributed by atoms with E-state index in [2.05, 4.69) is 20.2 Å². The van der Waals surface area contributed by atoms with Gasteiger partial charge in [-0.25, -0.2) is 9.97 Å². The molecule has 0 amide bonds. The van der Waals surface area contributed by atoms with Crippen LogP contribution in [0.4, 0.5) is 5.69 Å². The molecule has 0 fully saturated rings. The van der Waals surface area contributed by atoms with Gasteiger partial charge in [0.15, 0.2) is 0 Å². The molecular formula is C18H11N5. The van der Waals surface area contributed by atoms with Crippen molar-refractivity contribution in [2.75, 3.05) is 5.73 Å². The van der Waals surface area contributed by atoms with Crippen molar-refractivity contribution >= 4 is 38.4 Å². The minimum atomic E-state index is 0.584. The zero-order valence-electron chi connectivity index (χ0n) is 12.1. The number of nitrogen functional groups attached to an aromatic ring is 1. The molecule has 5 rings (SSSR count). The fourth-order valence-electron chi connectivity index (χ4n) is 3.16. The Balaban J connectivity index is 2.04. The number of nitrogens with zero attached hydrogens (tertiary/aromatic N) is 4. The Bertz CT molecular complexity index is 1170. The molecular weight excluding hydrogens is 286 g/mol. The highest BCUT2D eigenvalue weighted by Crippen LogP contribution is 2.37. The van der Waals surface area contributed by atoms with Gasteiger partial charge >= 0.3 is 0 Å². The molecule has 0 atom stereocenters. The molecule has 2 N–H and O–H groups in total. The van der Waals surface area contributed by atoms with Gasteiger partial charge < -0.3 is 5.73 Å². The Hall–Kier alpha value is -3.34. The van der Waals surface area contributed by atoms with Crippen molar-refractivity contribution in [1.82, 2.24) is 20.2 Å². The standard InChI is InChI=1S/C18H11N5/c19-12-8-14-16-13(20-9-21-14)7-6-11-15(16)18(12)23-22-17(11)10-4-2-1-3-5-10/h1-9H,19H2. The van der Waals surface area contributed by atoms with Gasteiger partial charge in [-0.2, -0.15) is 0 Å². The van der Waals surface area contributed by atoms with Crippen LogP contribution in [0, 0.1) is 0 Å². The van der Waals surface area contributed by atoms with E-state index in [-0.39, 0.29) is 0 Å². The molecule has 2 heterocycles. The zero-order valence-corrected chi connectivity index (χ0v) is 12.1. The lowest BCUT2D eigenvalue weighted by Crippen LogP contribution is -1.99. The largest absolute Gasteiger partial charge is 0.397 e. The van der Waals surface area contributed by atoms with Crippen molar-refractivity contribution in [2.45, 2.75) is 0 Å². The van der Waals surface area contributed by atoms with Crippen LogP contribution in [0.1, 0.15) is 0 Å². The van der Waals surface area contributed by atoms with E-state index in [4.69, 9.17) is 5.73 Å². The number of hydrogen-bond acceptors (Lipinski definition) is 5. The molecule has 108 valence electrons. The van der Waals surface area contributed by atoms with E-state index in [0.717, 1.165) is 38.4 Å². The Kier molecular flexibility index (Phi) is 2.30. The fourth-order valence-corrected chi connectivity index (χ4v) is 3.16. The van der Waals surface area contributed by atoms with Crippen LogP contribution >= 0.6 is 0 Å². The van der Waals surface area contributed by atoms with Crippen molar-refractivity contribution in [1.29, 1.82) is 0 Å². The van der Waals surface area contributed by atoms with Gasteiger partial charge in [-0.15, -0.1) is 10.2 Å². The third kappa shape index (κ3) is 1.61. The average molecular weight is 297 g/mol. The third-order valence-corrected chi connectivity index (χ3v) is 4.19. The molecule has 23 heavy (non-hydrogen) atoms. The van der Waals surface area contributed by atoms with Gasteiger partial charge in [0.25, 0.3) is 0 Å². The maximum absolute atomic E-state index is 6.17. The second kappa shape index (κ2) is 4.33. The summed E-state index contributed by atoms with van der Waals surface area (Å²) in [4.78, 5) is 8.72. The van der Waals surface area contributed by atoms with Gasteiger partial charge in [0, 0.05) is 21.7 Å². The van der Waals surface area contributed by atoms with Gasteiger partial charge in [0.05, 0.1) is 16.7 Å². The summed E-state index contributed by atoms with van der Waals surface area (Å²) in [5.41, 5.74) is 11.0. The molecule has 5 nitrogen and oxygen atoms in total. The smallest absolute Gasteiger partial charge is 0.117 e. The number of anilines is 1. The Morgan fingerprint density at radius 1 is 0.783 bits per heavy atom. The van der Waals surface area contributed by atoms with Crippen LogP contribution in [0.2, 0.25) is 0 Å². The van der Waals surface area contributed by atoms with Crippen LogP contribution < -0.4 is 5.73 Å². The molecule has 0 radical (unpaired) electrons. The Labute approximate surface area is 131 Å². The molecule has 2 aromatic heterocycles. The minimum absolute atomic E-state index is 0.584. The summed E-state index contributed by atoms with van der Waals surface area (Å²) in [5, 5.41) is 11.8. The first-order valence-electron chi connectivity index (χ1n) is 7.30. The third-order valence-electron chi connectivity index (χ3n) is 4.19. The molecule has 0 saturated carbocycles. The number of hydrogen-bond donors (Lipinski definition) is 1. The number of nitrogens with two attached hydrogens (primary N) is 1. The molecule has 0 aliphatic rings. The molecule has 0 bridgehead atoms. The first-order chi connectivity index (χ1) is 11.3. The van der Waals surface area contributed by atoms with E-state index in [9.17, 15) is 0 Å². The Morgan fingerprint density at radius 2 is 1.61 bits per heavy atom. The number of aromatic nitrogens is 4. The first-order valence-corrected chi connectivity index (χ1v) is 7.30. The zero-order chi connectivity index (χ0) is 15.4. The summed E-state index contributed by atoms with van der Waals surface area (Å²) in [6, 6.07) is 15.9. The van der Waals surface area contributed by atoms with Gasteiger partial charge in [-0.3, -0.25) is 0 Å². The average Bonchev–Trinajstić information content (AvgIpc) is 2.61. The molecule has 3 aromatic carbocycles. The molecule has 0 unspecified atom stereocenters. The summed E-state index contributed by atoms with van der Waals surface area (Å²) < 4.78 is 0. The molecule has 0 aliphatic heterocycles. The lowest BCUT2D eigenvalue weighted by molar-refractivity contribution is 1.09. The van der Waals surface area contributed by atoms with Crippen LogP contribution in [-0.4, -0.2) is 20.2 Å². The highest BCUT2D eigenvalue weighted by molar-refractivity contribution is 6.24. The molecule has 0 spiro atoms. The SMILES string of the molecule is Nc1cc2ncnc3ccc4c(-c5ccccc5)nnc1c4c32. The summed E-state index contributed by atoms with van der Waals surface area (Å²) in [6.07, 6.45) is 1.56. The van der Waals surface area contributed by atoms with E-state index in [1.54, 1.807) is 6.33 Å². The normalized spacial score (nSPS) is 11.7. The summed E-state index contributed by atoms with van der Waals surface area (Å²) >= 11 is 0. The van der Waals surface area contributed by atoms with E-state index in [0.29, 0.717) is 11.2 Å². The van der Waals surface area contributed by atoms with E-state index >= 15 is 0 Å². The molecule has 5 aromatic rings. The van der Waals surface area contributed by atoms with Crippen LogP contribution in [0.5, 0.6) is 0 Å². The predicted molar refractivity (Wildman–Crippen MR) is 91.2 cm³/mol. The van der Waals surface area contributed by atoms with Crippen molar-refractivity contribution < 1.29 is 0 Å². The maximum Gasteiger partial charge on any atom is 0.117 e. The second-order valence-corrected chi connectivity index (χ2v) is 5.50. The van der Waals surface area contributed by atoms with E-state index < -0.39 is 0 Å². The van der Waals surface area contributed by atoms with Crippen LogP contribution in [-0.2, 0) is 0 Å². The lowest BCUT2D eigenvalue weighted by atomic mass is 9.98. The van der Waals surface area contributed by atoms with E-state index in [1.165, 1.54) is 0 Å². The lowest BCUT2D eigenvalue weighted by Gasteiger charge is -2.12. The van der Waals surface area contributed by atoms with Gasteiger partial charge in [0.2, 0.25) is 0 Å². The van der Waals surface area contributed by atoms with Crippen molar-refractivity contribution in [3.8, 4) is 11.3 Å². The monoisotopic (exact) mass is 297 g/mol. The topological polar surface area (TPSA) is 77.6 Å². The molecule has 5 heteroatoms. The fraction of sp³-hybridized carbons (Fsp3) is 0. The molecule has 0 saturated heterocycles. The Morgan fingerprint density at radius 3 is 2.48 bits per heavy atom.